The highest BCUT2D eigenvalue weighted by Gasteiger charge is 2.31. The summed E-state index contributed by atoms with van der Waals surface area (Å²) < 4.78 is 0. The van der Waals surface area contributed by atoms with Crippen molar-refractivity contribution in [2.24, 2.45) is 5.92 Å². The van der Waals surface area contributed by atoms with Gasteiger partial charge in [-0.05, 0) is 23.6 Å². The van der Waals surface area contributed by atoms with Gasteiger partial charge in [0.2, 0.25) is 11.8 Å². The van der Waals surface area contributed by atoms with Crippen LogP contribution in [0.4, 0.5) is 0 Å². The van der Waals surface area contributed by atoms with Crippen molar-refractivity contribution in [3.63, 3.8) is 0 Å². The first-order chi connectivity index (χ1) is 9.47. The molecule has 0 aromatic heterocycles. The van der Waals surface area contributed by atoms with Crippen molar-refractivity contribution in [1.29, 1.82) is 0 Å². The summed E-state index contributed by atoms with van der Waals surface area (Å²) in [5, 5.41) is 12.3. The molecule has 1 aromatic carbocycles. The minimum atomic E-state index is -0.470. The summed E-state index contributed by atoms with van der Waals surface area (Å²) in [6.45, 7) is 4.65. The van der Waals surface area contributed by atoms with Gasteiger partial charge in [-0.3, -0.25) is 9.59 Å². The third kappa shape index (κ3) is 3.29. The van der Waals surface area contributed by atoms with Crippen LogP contribution in [0.5, 0.6) is 5.75 Å². The molecule has 1 heterocycles. The van der Waals surface area contributed by atoms with Crippen molar-refractivity contribution in [1.82, 2.24) is 10.2 Å². The molecule has 1 atom stereocenters. The molecule has 1 aliphatic heterocycles. The number of carbonyl (C=O) groups is 2. The number of hydrogen-bond donors (Lipinski definition) is 2. The number of nitrogens with zero attached hydrogens (tertiary/aromatic N) is 1. The maximum absolute atomic E-state index is 12.5. The van der Waals surface area contributed by atoms with Crippen LogP contribution < -0.4 is 5.32 Å². The second-order valence-corrected chi connectivity index (χ2v) is 5.47. The number of hydrogen-bond acceptors (Lipinski definition) is 3. The standard InChI is InChI=1S/C15H20N2O3/c1-10(2)14-15(20)17(7-6-13(19)16-14)9-11-4-3-5-12(18)8-11/h3-5,8,10,14,18H,6-7,9H2,1-2H3,(H,16,19). The highest BCUT2D eigenvalue weighted by molar-refractivity contribution is 5.90. The quantitative estimate of drug-likeness (QED) is 0.873. The summed E-state index contributed by atoms with van der Waals surface area (Å²) in [7, 11) is 0. The Bertz CT molecular complexity index is 514. The van der Waals surface area contributed by atoms with E-state index in [0.29, 0.717) is 19.5 Å². The highest BCUT2D eigenvalue weighted by atomic mass is 16.3. The SMILES string of the molecule is CC(C)C1NC(=O)CCN(Cc2cccc(O)c2)C1=O. The van der Waals surface area contributed by atoms with Crippen LogP contribution in [0.2, 0.25) is 0 Å². The molecule has 0 spiro atoms. The number of carbonyl (C=O) groups excluding carboxylic acids is 2. The third-order valence-electron chi connectivity index (χ3n) is 3.45. The van der Waals surface area contributed by atoms with E-state index in [1.165, 1.54) is 0 Å². The monoisotopic (exact) mass is 276 g/mol. The second kappa shape index (κ2) is 5.94. The topological polar surface area (TPSA) is 69.6 Å². The zero-order chi connectivity index (χ0) is 14.7. The van der Waals surface area contributed by atoms with Gasteiger partial charge in [-0.25, -0.2) is 0 Å². The van der Waals surface area contributed by atoms with Gasteiger partial charge in [-0.15, -0.1) is 0 Å². The van der Waals surface area contributed by atoms with Gasteiger partial charge in [-0.1, -0.05) is 26.0 Å². The second-order valence-electron chi connectivity index (χ2n) is 5.47. The number of benzene rings is 1. The Hall–Kier alpha value is -2.04. The van der Waals surface area contributed by atoms with E-state index in [0.717, 1.165) is 5.56 Å². The lowest BCUT2D eigenvalue weighted by Gasteiger charge is -2.26. The normalized spacial score (nSPS) is 19.9. The van der Waals surface area contributed by atoms with Gasteiger partial charge in [0.05, 0.1) is 0 Å². The summed E-state index contributed by atoms with van der Waals surface area (Å²) in [6.07, 6.45) is 0.313. The maximum Gasteiger partial charge on any atom is 0.245 e. The number of phenolic OH excluding ortho intramolecular Hbond substituents is 1. The lowest BCUT2D eigenvalue weighted by Crippen LogP contribution is -2.47. The largest absolute Gasteiger partial charge is 0.508 e. The molecule has 2 rings (SSSR count). The Kier molecular flexibility index (Phi) is 4.27. The summed E-state index contributed by atoms with van der Waals surface area (Å²) in [4.78, 5) is 25.8. The molecule has 1 aromatic rings. The van der Waals surface area contributed by atoms with E-state index in [9.17, 15) is 14.7 Å². The van der Waals surface area contributed by atoms with Crippen molar-refractivity contribution < 1.29 is 14.7 Å². The Balaban J connectivity index is 2.17. The number of phenols is 1. The summed E-state index contributed by atoms with van der Waals surface area (Å²) in [6, 6.07) is 6.36. The van der Waals surface area contributed by atoms with E-state index >= 15 is 0 Å². The molecule has 0 saturated carbocycles. The molecule has 20 heavy (non-hydrogen) atoms. The summed E-state index contributed by atoms with van der Waals surface area (Å²) in [5.41, 5.74) is 0.857. The molecule has 1 unspecified atom stereocenters. The molecule has 2 amide bonds. The van der Waals surface area contributed by atoms with Gasteiger partial charge in [0.15, 0.2) is 0 Å². The van der Waals surface area contributed by atoms with Crippen LogP contribution in [0.25, 0.3) is 0 Å². The fourth-order valence-corrected chi connectivity index (χ4v) is 2.33. The van der Waals surface area contributed by atoms with Gasteiger partial charge in [-0.2, -0.15) is 0 Å². The Morgan fingerprint density at radius 3 is 2.80 bits per heavy atom. The number of aromatic hydroxyl groups is 1. The minimum absolute atomic E-state index is 0.0521. The molecular formula is C15H20N2O3. The molecule has 5 nitrogen and oxygen atoms in total. The first kappa shape index (κ1) is 14.4. The zero-order valence-corrected chi connectivity index (χ0v) is 11.8. The molecule has 0 bridgehead atoms. The molecule has 1 fully saturated rings. The van der Waals surface area contributed by atoms with Crippen LogP contribution in [0.1, 0.15) is 25.8 Å². The lowest BCUT2D eigenvalue weighted by atomic mass is 10.0. The predicted octanol–water partition coefficient (Wildman–Crippen LogP) is 1.27. The van der Waals surface area contributed by atoms with Crippen LogP contribution in [0.15, 0.2) is 24.3 Å². The van der Waals surface area contributed by atoms with E-state index < -0.39 is 6.04 Å². The lowest BCUT2D eigenvalue weighted by molar-refractivity contribution is -0.135. The van der Waals surface area contributed by atoms with Crippen molar-refractivity contribution in [3.05, 3.63) is 29.8 Å². The molecular weight excluding hydrogens is 256 g/mol. The smallest absolute Gasteiger partial charge is 0.245 e. The fraction of sp³-hybridized carbons (Fsp3) is 0.467. The Morgan fingerprint density at radius 2 is 2.15 bits per heavy atom. The molecule has 0 radical (unpaired) electrons. The molecule has 1 aliphatic rings. The van der Waals surface area contributed by atoms with Gasteiger partial charge >= 0.3 is 0 Å². The zero-order valence-electron chi connectivity index (χ0n) is 11.8. The maximum atomic E-state index is 12.5. The van der Waals surface area contributed by atoms with E-state index in [2.05, 4.69) is 5.32 Å². The molecule has 5 heteroatoms. The number of amides is 2. The molecule has 0 aliphatic carbocycles. The van der Waals surface area contributed by atoms with E-state index in [4.69, 9.17) is 0 Å². The molecule has 2 N–H and O–H groups in total. The number of rotatable bonds is 3. The van der Waals surface area contributed by atoms with Crippen LogP contribution in [-0.4, -0.2) is 34.4 Å². The molecule has 108 valence electrons. The average Bonchev–Trinajstić information content (AvgIpc) is 2.52. The van der Waals surface area contributed by atoms with Crippen LogP contribution in [-0.2, 0) is 16.1 Å². The van der Waals surface area contributed by atoms with Crippen molar-refractivity contribution in [2.75, 3.05) is 6.54 Å². The van der Waals surface area contributed by atoms with Crippen LogP contribution in [0, 0.1) is 5.92 Å². The summed E-state index contributed by atoms with van der Waals surface area (Å²) >= 11 is 0. The molecule has 1 saturated heterocycles. The van der Waals surface area contributed by atoms with Gasteiger partial charge in [0.25, 0.3) is 0 Å². The van der Waals surface area contributed by atoms with Crippen LogP contribution in [0.3, 0.4) is 0 Å². The summed E-state index contributed by atoms with van der Waals surface area (Å²) in [5.74, 6) is 0.0836. The third-order valence-corrected chi connectivity index (χ3v) is 3.45. The highest BCUT2D eigenvalue weighted by Crippen LogP contribution is 2.17. The Labute approximate surface area is 118 Å². The van der Waals surface area contributed by atoms with Gasteiger partial charge < -0.3 is 15.3 Å². The van der Waals surface area contributed by atoms with E-state index in [-0.39, 0.29) is 23.5 Å². The van der Waals surface area contributed by atoms with Crippen molar-refractivity contribution >= 4 is 11.8 Å². The number of nitrogens with one attached hydrogen (secondary N) is 1. The van der Waals surface area contributed by atoms with E-state index in [1.54, 1.807) is 23.1 Å². The first-order valence-corrected chi connectivity index (χ1v) is 6.83. The Morgan fingerprint density at radius 1 is 1.40 bits per heavy atom. The minimum Gasteiger partial charge on any atom is -0.508 e. The fourth-order valence-electron chi connectivity index (χ4n) is 2.33. The van der Waals surface area contributed by atoms with Gasteiger partial charge in [0, 0.05) is 19.5 Å². The van der Waals surface area contributed by atoms with Crippen molar-refractivity contribution in [2.45, 2.75) is 32.9 Å². The van der Waals surface area contributed by atoms with E-state index in [1.807, 2.05) is 19.9 Å². The van der Waals surface area contributed by atoms with Crippen LogP contribution >= 0.6 is 0 Å². The average molecular weight is 276 g/mol. The predicted molar refractivity (Wildman–Crippen MR) is 74.9 cm³/mol. The first-order valence-electron chi connectivity index (χ1n) is 6.83. The van der Waals surface area contributed by atoms with Gasteiger partial charge in [0.1, 0.15) is 11.8 Å². The van der Waals surface area contributed by atoms with Crippen molar-refractivity contribution in [3.8, 4) is 5.75 Å².